The molecule has 0 aliphatic heterocycles. The van der Waals surface area contributed by atoms with Crippen molar-refractivity contribution in [3.05, 3.63) is 82.9 Å². The topological polar surface area (TPSA) is 66.0 Å². The Hall–Kier alpha value is -3.67. The fourth-order valence-corrected chi connectivity index (χ4v) is 3.75. The molecule has 3 aromatic carbocycles. The molecule has 0 saturated carbocycles. The molecule has 0 spiro atoms. The average Bonchev–Trinajstić information content (AvgIpc) is 2.87. The quantitative estimate of drug-likeness (QED) is 0.472. The molecule has 1 unspecified atom stereocenters. The van der Waals surface area contributed by atoms with Gasteiger partial charge in [0, 0.05) is 5.56 Å². The first-order chi connectivity index (χ1) is 16.0. The summed E-state index contributed by atoms with van der Waals surface area (Å²) in [5, 5.41) is 3.22. The number of benzene rings is 3. The second kappa shape index (κ2) is 11.3. The average molecular weight is 450 g/mol. The van der Waals surface area contributed by atoms with Gasteiger partial charge in [-0.15, -0.1) is 0 Å². The van der Waals surface area contributed by atoms with E-state index in [-0.39, 0.29) is 11.9 Å². The van der Waals surface area contributed by atoms with Crippen LogP contribution in [0.2, 0.25) is 0 Å². The molecule has 1 amide bonds. The molecule has 1 N–H and O–H groups in total. The van der Waals surface area contributed by atoms with Crippen LogP contribution in [-0.2, 0) is 12.8 Å². The summed E-state index contributed by atoms with van der Waals surface area (Å²) in [6.45, 7) is 2.01. The highest BCUT2D eigenvalue weighted by molar-refractivity contribution is 5.96. The van der Waals surface area contributed by atoms with E-state index in [9.17, 15) is 4.79 Å². The maximum atomic E-state index is 13.4. The summed E-state index contributed by atoms with van der Waals surface area (Å²) in [6, 6.07) is 19.0. The summed E-state index contributed by atoms with van der Waals surface area (Å²) in [6.07, 6.45) is 1.31. The zero-order chi connectivity index (χ0) is 23.8. The summed E-state index contributed by atoms with van der Waals surface area (Å²) in [5.41, 5.74) is 3.53. The van der Waals surface area contributed by atoms with Gasteiger partial charge < -0.3 is 24.3 Å². The SMILES string of the molecule is CCc1cc(OC)c(OC)cc1C(=O)NC(Cc1ccc(OC)cc1)c1ccc(OC)cc1. The number of ether oxygens (including phenoxy) is 4. The lowest BCUT2D eigenvalue weighted by Crippen LogP contribution is -2.30. The van der Waals surface area contributed by atoms with Gasteiger partial charge in [0.1, 0.15) is 11.5 Å². The molecule has 0 radical (unpaired) electrons. The first kappa shape index (κ1) is 24.0. The lowest BCUT2D eigenvalue weighted by Gasteiger charge is -2.21. The third-order valence-electron chi connectivity index (χ3n) is 5.66. The third-order valence-corrected chi connectivity index (χ3v) is 5.66. The van der Waals surface area contributed by atoms with Gasteiger partial charge in [-0.1, -0.05) is 31.2 Å². The van der Waals surface area contributed by atoms with E-state index in [0.29, 0.717) is 29.9 Å². The van der Waals surface area contributed by atoms with Crippen LogP contribution in [0.1, 0.15) is 40.0 Å². The van der Waals surface area contributed by atoms with E-state index in [2.05, 4.69) is 5.32 Å². The van der Waals surface area contributed by atoms with Crippen LogP contribution in [-0.4, -0.2) is 34.3 Å². The lowest BCUT2D eigenvalue weighted by atomic mass is 9.97. The van der Waals surface area contributed by atoms with E-state index in [0.717, 1.165) is 28.2 Å². The Kier molecular flexibility index (Phi) is 8.19. The Morgan fingerprint density at radius 2 is 1.33 bits per heavy atom. The number of hydrogen-bond donors (Lipinski definition) is 1. The van der Waals surface area contributed by atoms with Crippen LogP contribution < -0.4 is 24.3 Å². The molecule has 0 aliphatic rings. The fourth-order valence-electron chi connectivity index (χ4n) is 3.75. The zero-order valence-corrected chi connectivity index (χ0v) is 19.8. The Balaban J connectivity index is 1.93. The first-order valence-electron chi connectivity index (χ1n) is 10.9. The van der Waals surface area contributed by atoms with Crippen LogP contribution in [0, 0.1) is 0 Å². The maximum Gasteiger partial charge on any atom is 0.252 e. The van der Waals surface area contributed by atoms with Crippen LogP contribution >= 0.6 is 0 Å². The summed E-state index contributed by atoms with van der Waals surface area (Å²) in [4.78, 5) is 13.4. The number of methoxy groups -OCH3 is 4. The van der Waals surface area contributed by atoms with Crippen molar-refractivity contribution in [1.82, 2.24) is 5.32 Å². The van der Waals surface area contributed by atoms with E-state index < -0.39 is 0 Å². The fraction of sp³-hybridized carbons (Fsp3) is 0.296. The predicted octanol–water partition coefficient (Wildman–Crippen LogP) is 5.00. The highest BCUT2D eigenvalue weighted by atomic mass is 16.5. The van der Waals surface area contributed by atoms with Gasteiger partial charge in [0.15, 0.2) is 11.5 Å². The lowest BCUT2D eigenvalue weighted by molar-refractivity contribution is 0.0935. The van der Waals surface area contributed by atoms with Gasteiger partial charge in [-0.25, -0.2) is 0 Å². The van der Waals surface area contributed by atoms with E-state index in [1.165, 1.54) is 0 Å². The van der Waals surface area contributed by atoms with Gasteiger partial charge in [0.2, 0.25) is 0 Å². The minimum absolute atomic E-state index is 0.165. The second-order valence-corrected chi connectivity index (χ2v) is 7.57. The molecule has 6 heteroatoms. The van der Waals surface area contributed by atoms with Crippen molar-refractivity contribution in [2.45, 2.75) is 25.8 Å². The highest BCUT2D eigenvalue weighted by Gasteiger charge is 2.21. The molecule has 0 aliphatic carbocycles. The molecular formula is C27H31NO5. The number of amides is 1. The molecule has 0 aromatic heterocycles. The van der Waals surface area contributed by atoms with Crippen LogP contribution in [0.25, 0.3) is 0 Å². The van der Waals surface area contributed by atoms with Crippen molar-refractivity contribution in [1.29, 1.82) is 0 Å². The molecule has 6 nitrogen and oxygen atoms in total. The molecule has 0 saturated heterocycles. The van der Waals surface area contributed by atoms with Crippen molar-refractivity contribution in [3.8, 4) is 23.0 Å². The Morgan fingerprint density at radius 1 is 0.788 bits per heavy atom. The third kappa shape index (κ3) is 5.77. The summed E-state index contributed by atoms with van der Waals surface area (Å²) in [5.74, 6) is 2.53. The summed E-state index contributed by atoms with van der Waals surface area (Å²) in [7, 11) is 6.43. The number of nitrogens with one attached hydrogen (secondary N) is 1. The number of hydrogen-bond acceptors (Lipinski definition) is 5. The maximum absolute atomic E-state index is 13.4. The highest BCUT2D eigenvalue weighted by Crippen LogP contribution is 2.31. The standard InChI is InChI=1S/C27H31NO5/c1-6-19-16-25(32-4)26(33-5)17-23(19)27(29)28-24(20-9-13-22(31-3)14-10-20)15-18-7-11-21(30-2)12-8-18/h7-14,16-17,24H,6,15H2,1-5H3,(H,28,29). The van der Waals surface area contributed by atoms with Gasteiger partial charge in [0.25, 0.3) is 5.91 Å². The van der Waals surface area contributed by atoms with Gasteiger partial charge in [-0.05, 0) is 65.9 Å². The van der Waals surface area contributed by atoms with Crippen LogP contribution in [0.5, 0.6) is 23.0 Å². The number of rotatable bonds is 10. The molecule has 3 aromatic rings. The number of aryl methyl sites for hydroxylation is 1. The Labute approximate surface area is 195 Å². The Morgan fingerprint density at radius 3 is 1.85 bits per heavy atom. The Bertz CT molecular complexity index is 1060. The second-order valence-electron chi connectivity index (χ2n) is 7.57. The molecular weight excluding hydrogens is 418 g/mol. The van der Waals surface area contributed by atoms with Gasteiger partial charge in [-0.3, -0.25) is 4.79 Å². The minimum Gasteiger partial charge on any atom is -0.497 e. The smallest absolute Gasteiger partial charge is 0.252 e. The van der Waals surface area contributed by atoms with E-state index in [4.69, 9.17) is 18.9 Å². The molecule has 3 rings (SSSR count). The predicted molar refractivity (Wildman–Crippen MR) is 129 cm³/mol. The summed E-state index contributed by atoms with van der Waals surface area (Å²) >= 11 is 0. The normalized spacial score (nSPS) is 11.4. The molecule has 0 bridgehead atoms. The monoisotopic (exact) mass is 449 g/mol. The zero-order valence-electron chi connectivity index (χ0n) is 19.8. The van der Waals surface area contributed by atoms with Crippen molar-refractivity contribution in [2.24, 2.45) is 0 Å². The molecule has 174 valence electrons. The van der Waals surface area contributed by atoms with E-state index in [1.807, 2.05) is 61.5 Å². The molecule has 0 heterocycles. The molecule has 0 fully saturated rings. The van der Waals surface area contributed by atoms with Crippen LogP contribution in [0.4, 0.5) is 0 Å². The summed E-state index contributed by atoms with van der Waals surface area (Å²) < 4.78 is 21.4. The van der Waals surface area contributed by atoms with E-state index >= 15 is 0 Å². The van der Waals surface area contributed by atoms with Crippen molar-refractivity contribution in [2.75, 3.05) is 28.4 Å². The van der Waals surface area contributed by atoms with Gasteiger partial charge >= 0.3 is 0 Å². The van der Waals surface area contributed by atoms with Crippen molar-refractivity contribution in [3.63, 3.8) is 0 Å². The minimum atomic E-state index is -0.241. The van der Waals surface area contributed by atoms with Crippen LogP contribution in [0.15, 0.2) is 60.7 Å². The van der Waals surface area contributed by atoms with Crippen molar-refractivity contribution >= 4 is 5.91 Å². The number of carbonyl (C=O) groups excluding carboxylic acids is 1. The number of carbonyl (C=O) groups is 1. The largest absolute Gasteiger partial charge is 0.497 e. The van der Waals surface area contributed by atoms with Gasteiger partial charge in [-0.2, -0.15) is 0 Å². The van der Waals surface area contributed by atoms with E-state index in [1.54, 1.807) is 34.5 Å². The first-order valence-corrected chi connectivity index (χ1v) is 10.9. The van der Waals surface area contributed by atoms with Gasteiger partial charge in [0.05, 0.1) is 34.5 Å². The van der Waals surface area contributed by atoms with Crippen molar-refractivity contribution < 1.29 is 23.7 Å². The molecule has 33 heavy (non-hydrogen) atoms. The van der Waals surface area contributed by atoms with Crippen LogP contribution in [0.3, 0.4) is 0 Å². The molecule has 1 atom stereocenters.